The molecule has 0 saturated carbocycles. The molecule has 2 aromatic rings. The van der Waals surface area contributed by atoms with Gasteiger partial charge >= 0.3 is 5.97 Å². The lowest BCUT2D eigenvalue weighted by Gasteiger charge is -2.07. The van der Waals surface area contributed by atoms with Gasteiger partial charge in [-0.15, -0.1) is 0 Å². The summed E-state index contributed by atoms with van der Waals surface area (Å²) in [6.07, 6.45) is 2.55. The molecule has 0 fully saturated rings. The van der Waals surface area contributed by atoms with Gasteiger partial charge in [-0.25, -0.2) is 4.79 Å². The minimum Gasteiger partial charge on any atom is -0.487 e. The first-order valence-electron chi connectivity index (χ1n) is 5.49. The van der Waals surface area contributed by atoms with Crippen LogP contribution in [-0.4, -0.2) is 11.1 Å². The second-order valence-electron chi connectivity index (χ2n) is 3.78. The fourth-order valence-corrected chi connectivity index (χ4v) is 2.34. The van der Waals surface area contributed by atoms with Gasteiger partial charge in [0.1, 0.15) is 12.4 Å². The number of rotatable bonds is 5. The molecule has 0 aliphatic heterocycles. The van der Waals surface area contributed by atoms with Gasteiger partial charge < -0.3 is 9.84 Å². The molecule has 98 valence electrons. The van der Waals surface area contributed by atoms with Gasteiger partial charge in [0.05, 0.1) is 5.02 Å². The monoisotopic (exact) mass is 294 g/mol. The summed E-state index contributed by atoms with van der Waals surface area (Å²) < 4.78 is 5.60. The molecule has 5 heteroatoms. The number of hydrogen-bond acceptors (Lipinski definition) is 3. The predicted octanol–water partition coefficient (Wildman–Crippen LogP) is 4.08. The van der Waals surface area contributed by atoms with Crippen molar-refractivity contribution in [2.75, 3.05) is 0 Å². The lowest BCUT2D eigenvalue weighted by atomic mass is 10.2. The number of carbonyl (C=O) groups is 1. The Morgan fingerprint density at radius 2 is 2.26 bits per heavy atom. The average molecular weight is 295 g/mol. The first kappa shape index (κ1) is 13.6. The van der Waals surface area contributed by atoms with E-state index in [-0.39, 0.29) is 0 Å². The molecule has 0 radical (unpaired) electrons. The highest BCUT2D eigenvalue weighted by atomic mass is 35.5. The van der Waals surface area contributed by atoms with Crippen LogP contribution < -0.4 is 4.74 Å². The smallest absolute Gasteiger partial charge is 0.328 e. The molecule has 0 unspecified atom stereocenters. The van der Waals surface area contributed by atoms with E-state index in [1.165, 1.54) is 6.08 Å². The van der Waals surface area contributed by atoms with Crippen LogP contribution in [0.5, 0.6) is 5.75 Å². The second-order valence-corrected chi connectivity index (χ2v) is 4.97. The van der Waals surface area contributed by atoms with Gasteiger partial charge in [0, 0.05) is 6.08 Å². The summed E-state index contributed by atoms with van der Waals surface area (Å²) in [7, 11) is 0. The zero-order valence-corrected chi connectivity index (χ0v) is 11.4. The summed E-state index contributed by atoms with van der Waals surface area (Å²) in [4.78, 5) is 10.4. The molecule has 1 aromatic carbocycles. The van der Waals surface area contributed by atoms with E-state index in [1.807, 2.05) is 16.8 Å². The zero-order chi connectivity index (χ0) is 13.7. The van der Waals surface area contributed by atoms with Crippen LogP contribution >= 0.6 is 22.9 Å². The number of halogens is 1. The van der Waals surface area contributed by atoms with Gasteiger partial charge in [0.2, 0.25) is 0 Å². The number of benzene rings is 1. The molecule has 0 atom stereocenters. The first-order valence-corrected chi connectivity index (χ1v) is 6.81. The summed E-state index contributed by atoms with van der Waals surface area (Å²) in [5.41, 5.74) is 1.81. The molecule has 2 rings (SSSR count). The minimum atomic E-state index is -0.992. The molecular formula is C14H11ClO3S. The SMILES string of the molecule is O=C(O)C=Cc1ccc(OCc2ccsc2)c(Cl)c1. The van der Waals surface area contributed by atoms with Crippen LogP contribution in [0, 0.1) is 0 Å². The third kappa shape index (κ3) is 4.12. The summed E-state index contributed by atoms with van der Waals surface area (Å²) in [6, 6.07) is 7.15. The Hall–Kier alpha value is -1.78. The molecular weight excluding hydrogens is 284 g/mol. The Balaban J connectivity index is 2.04. The van der Waals surface area contributed by atoms with Crippen LogP contribution in [0.3, 0.4) is 0 Å². The van der Waals surface area contributed by atoms with Crippen LogP contribution in [0.4, 0.5) is 0 Å². The van der Waals surface area contributed by atoms with E-state index in [0.717, 1.165) is 17.2 Å². The first-order chi connectivity index (χ1) is 9.15. The van der Waals surface area contributed by atoms with Crippen molar-refractivity contribution in [3.63, 3.8) is 0 Å². The fraction of sp³-hybridized carbons (Fsp3) is 0.0714. The normalized spacial score (nSPS) is 10.8. The van der Waals surface area contributed by atoms with Gasteiger partial charge in [0.25, 0.3) is 0 Å². The number of hydrogen-bond donors (Lipinski definition) is 1. The van der Waals surface area contributed by atoms with Crippen molar-refractivity contribution in [1.82, 2.24) is 0 Å². The van der Waals surface area contributed by atoms with Gasteiger partial charge in [-0.3, -0.25) is 0 Å². The Kier molecular flexibility index (Phi) is 4.60. The van der Waals surface area contributed by atoms with E-state index in [0.29, 0.717) is 17.4 Å². The third-order valence-electron chi connectivity index (χ3n) is 2.35. The Morgan fingerprint density at radius 1 is 1.42 bits per heavy atom. The maximum absolute atomic E-state index is 10.4. The largest absolute Gasteiger partial charge is 0.487 e. The van der Waals surface area contributed by atoms with E-state index >= 15 is 0 Å². The van der Waals surface area contributed by atoms with Crippen molar-refractivity contribution < 1.29 is 14.6 Å². The molecule has 0 aliphatic carbocycles. The summed E-state index contributed by atoms with van der Waals surface area (Å²) in [5.74, 6) is -0.408. The topological polar surface area (TPSA) is 46.5 Å². The lowest BCUT2D eigenvalue weighted by Crippen LogP contribution is -1.94. The number of aliphatic carboxylic acids is 1. The van der Waals surface area contributed by atoms with Crippen LogP contribution in [0.15, 0.2) is 41.1 Å². The van der Waals surface area contributed by atoms with E-state index in [9.17, 15) is 4.79 Å². The van der Waals surface area contributed by atoms with E-state index < -0.39 is 5.97 Å². The average Bonchev–Trinajstić information content (AvgIpc) is 2.88. The number of carboxylic acid groups (broad SMARTS) is 1. The summed E-state index contributed by atoms with van der Waals surface area (Å²) in [6.45, 7) is 0.466. The van der Waals surface area contributed by atoms with Crippen LogP contribution in [0.2, 0.25) is 5.02 Å². The van der Waals surface area contributed by atoms with E-state index in [1.54, 1.807) is 29.5 Å². The Labute approximate surface area is 119 Å². The van der Waals surface area contributed by atoms with Crippen LogP contribution in [0.1, 0.15) is 11.1 Å². The molecule has 0 saturated heterocycles. The van der Waals surface area contributed by atoms with Crippen LogP contribution in [0.25, 0.3) is 6.08 Å². The predicted molar refractivity (Wildman–Crippen MR) is 76.8 cm³/mol. The molecule has 0 bridgehead atoms. The standard InChI is InChI=1S/C14H11ClO3S/c15-12-7-10(2-4-14(16)17)1-3-13(12)18-8-11-5-6-19-9-11/h1-7,9H,8H2,(H,16,17). The van der Waals surface area contributed by atoms with Gasteiger partial charge in [-0.2, -0.15) is 11.3 Å². The maximum Gasteiger partial charge on any atom is 0.328 e. The number of carboxylic acids is 1. The number of ether oxygens (including phenoxy) is 1. The quantitative estimate of drug-likeness (QED) is 0.845. The van der Waals surface area contributed by atoms with Crippen molar-refractivity contribution in [3.05, 3.63) is 57.3 Å². The minimum absolute atomic E-state index is 0.461. The van der Waals surface area contributed by atoms with Gasteiger partial charge in [0.15, 0.2) is 0 Å². The molecule has 3 nitrogen and oxygen atoms in total. The summed E-state index contributed by atoms with van der Waals surface area (Å²) >= 11 is 7.69. The number of thiophene rings is 1. The zero-order valence-electron chi connectivity index (χ0n) is 9.88. The molecule has 1 heterocycles. The Bertz CT molecular complexity index is 591. The van der Waals surface area contributed by atoms with Crippen molar-refractivity contribution >= 4 is 35.0 Å². The third-order valence-corrected chi connectivity index (χ3v) is 3.38. The molecule has 1 aromatic heterocycles. The Morgan fingerprint density at radius 3 is 2.89 bits per heavy atom. The van der Waals surface area contributed by atoms with Crippen molar-refractivity contribution in [3.8, 4) is 5.75 Å². The van der Waals surface area contributed by atoms with Crippen molar-refractivity contribution in [2.24, 2.45) is 0 Å². The highest BCUT2D eigenvalue weighted by Crippen LogP contribution is 2.27. The fourth-order valence-electron chi connectivity index (χ4n) is 1.44. The van der Waals surface area contributed by atoms with Crippen molar-refractivity contribution in [2.45, 2.75) is 6.61 Å². The molecule has 0 amide bonds. The summed E-state index contributed by atoms with van der Waals surface area (Å²) in [5, 5.41) is 13.0. The highest BCUT2D eigenvalue weighted by molar-refractivity contribution is 7.07. The van der Waals surface area contributed by atoms with Gasteiger partial charge in [-0.05, 0) is 46.2 Å². The molecule has 0 aliphatic rings. The maximum atomic E-state index is 10.4. The van der Waals surface area contributed by atoms with Gasteiger partial charge in [-0.1, -0.05) is 17.7 Å². The van der Waals surface area contributed by atoms with Crippen LogP contribution in [-0.2, 0) is 11.4 Å². The van der Waals surface area contributed by atoms with Crippen molar-refractivity contribution in [1.29, 1.82) is 0 Å². The second kappa shape index (κ2) is 6.41. The lowest BCUT2D eigenvalue weighted by molar-refractivity contribution is -0.131. The van der Waals surface area contributed by atoms with E-state index in [2.05, 4.69) is 0 Å². The molecule has 1 N–H and O–H groups in total. The molecule has 0 spiro atoms. The highest BCUT2D eigenvalue weighted by Gasteiger charge is 2.03. The van der Waals surface area contributed by atoms with E-state index in [4.69, 9.17) is 21.4 Å². The molecule has 19 heavy (non-hydrogen) atoms.